The van der Waals surface area contributed by atoms with Crippen LogP contribution in [0.5, 0.6) is 0 Å². The molecule has 2 heterocycles. The molecule has 0 saturated heterocycles. The molecule has 0 bridgehead atoms. The van der Waals surface area contributed by atoms with E-state index < -0.39 is 0 Å². The Labute approximate surface area is 217 Å². The number of rotatable bonds is 4. The van der Waals surface area contributed by atoms with Gasteiger partial charge in [0.05, 0.1) is 9.75 Å². The van der Waals surface area contributed by atoms with Gasteiger partial charge in [-0.05, 0) is 56.9 Å². The highest BCUT2D eigenvalue weighted by atomic mass is 32.1. The molecule has 2 aromatic heterocycles. The zero-order valence-electron chi connectivity index (χ0n) is 19.3. The van der Waals surface area contributed by atoms with Gasteiger partial charge in [-0.25, -0.2) is 9.97 Å². The van der Waals surface area contributed by atoms with E-state index >= 15 is 0 Å². The monoisotopic (exact) mass is 496 g/mol. The van der Waals surface area contributed by atoms with Gasteiger partial charge >= 0.3 is 0 Å². The average molecular weight is 497 g/mol. The predicted molar refractivity (Wildman–Crippen MR) is 155 cm³/mol. The molecule has 0 aliphatic heterocycles. The Morgan fingerprint density at radius 3 is 1.28 bits per heavy atom. The number of fused-ring (bicyclic) bond motifs is 2. The number of aromatic nitrogens is 2. The first kappa shape index (κ1) is 21.2. The van der Waals surface area contributed by atoms with Crippen molar-refractivity contribution in [1.82, 2.24) is 9.97 Å². The highest BCUT2D eigenvalue weighted by molar-refractivity contribution is 7.18. The van der Waals surface area contributed by atoms with Gasteiger partial charge in [0.15, 0.2) is 0 Å². The van der Waals surface area contributed by atoms with Gasteiger partial charge in [0.25, 0.3) is 0 Å². The number of hydrogen-bond donors (Lipinski definition) is 0. The van der Waals surface area contributed by atoms with Crippen LogP contribution in [-0.2, 0) is 0 Å². The zero-order valence-corrected chi connectivity index (χ0v) is 20.9. The molecular formula is C32H20N2S2. The highest BCUT2D eigenvalue weighted by Gasteiger charge is 2.10. The molecule has 0 aliphatic carbocycles. The van der Waals surface area contributed by atoms with Gasteiger partial charge in [0.1, 0.15) is 10.0 Å². The van der Waals surface area contributed by atoms with Crippen molar-refractivity contribution in [3.63, 3.8) is 0 Å². The minimum atomic E-state index is 1.05. The Morgan fingerprint density at radius 2 is 0.833 bits per heavy atom. The molecule has 0 fully saturated rings. The van der Waals surface area contributed by atoms with Gasteiger partial charge in [-0.3, -0.25) is 0 Å². The lowest BCUT2D eigenvalue weighted by Gasteiger charge is -2.06. The summed E-state index contributed by atoms with van der Waals surface area (Å²) in [5, 5.41) is 7.00. The summed E-state index contributed by atoms with van der Waals surface area (Å²) >= 11 is 3.47. The van der Waals surface area contributed by atoms with E-state index in [9.17, 15) is 0 Å². The van der Waals surface area contributed by atoms with Crippen molar-refractivity contribution in [2.75, 3.05) is 0 Å². The first-order valence-corrected chi connectivity index (χ1v) is 13.4. The number of benzene rings is 5. The van der Waals surface area contributed by atoms with Crippen LogP contribution in [0.25, 0.3) is 63.6 Å². The van der Waals surface area contributed by atoms with E-state index in [2.05, 4.69) is 97.1 Å². The topological polar surface area (TPSA) is 25.8 Å². The molecule has 0 atom stereocenters. The van der Waals surface area contributed by atoms with E-state index in [0.717, 1.165) is 21.1 Å². The molecule has 0 aliphatic rings. The van der Waals surface area contributed by atoms with Gasteiger partial charge in [-0.2, -0.15) is 0 Å². The second-order valence-electron chi connectivity index (χ2n) is 8.77. The maximum atomic E-state index is 4.71. The molecule has 170 valence electrons. The van der Waals surface area contributed by atoms with Gasteiger partial charge in [0.2, 0.25) is 0 Å². The van der Waals surface area contributed by atoms with Crippen LogP contribution in [0.15, 0.2) is 122 Å². The third-order valence-corrected chi connectivity index (χ3v) is 8.61. The summed E-state index contributed by atoms with van der Waals surface area (Å²) in [7, 11) is 0. The van der Waals surface area contributed by atoms with Crippen LogP contribution >= 0.6 is 22.7 Å². The molecular weight excluding hydrogens is 477 g/mol. The molecule has 7 aromatic rings. The van der Waals surface area contributed by atoms with Gasteiger partial charge in [-0.1, -0.05) is 84.9 Å². The van der Waals surface area contributed by atoms with Crippen LogP contribution in [0.2, 0.25) is 0 Å². The summed E-state index contributed by atoms with van der Waals surface area (Å²) in [4.78, 5) is 11.8. The highest BCUT2D eigenvalue weighted by Crippen LogP contribution is 2.36. The molecule has 0 N–H and O–H groups in total. The number of nitrogens with zero attached hydrogens (tertiary/aromatic N) is 2. The molecule has 0 amide bonds. The van der Waals surface area contributed by atoms with Crippen LogP contribution in [-0.4, -0.2) is 9.97 Å². The van der Waals surface area contributed by atoms with E-state index in [-0.39, 0.29) is 0 Å². The van der Waals surface area contributed by atoms with Gasteiger partial charge < -0.3 is 0 Å². The van der Waals surface area contributed by atoms with E-state index in [0.29, 0.717) is 0 Å². The van der Waals surface area contributed by atoms with Gasteiger partial charge in [0, 0.05) is 23.5 Å². The van der Waals surface area contributed by atoms with Crippen LogP contribution in [0.3, 0.4) is 0 Å². The first-order chi connectivity index (χ1) is 17.8. The molecule has 7 rings (SSSR count). The minimum absolute atomic E-state index is 1.05. The van der Waals surface area contributed by atoms with Gasteiger partial charge in [-0.15, -0.1) is 22.7 Å². The number of thiazole rings is 2. The lowest BCUT2D eigenvalue weighted by molar-refractivity contribution is 1.41. The van der Waals surface area contributed by atoms with Crippen molar-refractivity contribution in [3.05, 3.63) is 122 Å². The van der Waals surface area contributed by atoms with Crippen LogP contribution in [0.4, 0.5) is 0 Å². The Hall–Kier alpha value is -4.12. The Bertz CT molecular complexity index is 1700. The van der Waals surface area contributed by atoms with E-state index in [1.54, 1.807) is 22.7 Å². The molecule has 4 heteroatoms. The molecule has 2 nitrogen and oxygen atoms in total. The fourth-order valence-electron chi connectivity index (χ4n) is 4.55. The molecule has 0 spiro atoms. The Morgan fingerprint density at radius 1 is 0.389 bits per heavy atom. The third kappa shape index (κ3) is 3.91. The Balaban J connectivity index is 1.23. The fourth-order valence-corrected chi connectivity index (χ4v) is 6.39. The van der Waals surface area contributed by atoms with Crippen molar-refractivity contribution >= 4 is 44.2 Å². The summed E-state index contributed by atoms with van der Waals surface area (Å²) in [6, 6.07) is 38.7. The lowest BCUT2D eigenvalue weighted by Crippen LogP contribution is -1.81. The maximum Gasteiger partial charge on any atom is 0.123 e. The lowest BCUT2D eigenvalue weighted by atomic mass is 10.0. The summed E-state index contributed by atoms with van der Waals surface area (Å²) in [6.07, 6.45) is 3.95. The average Bonchev–Trinajstić information content (AvgIpc) is 3.63. The zero-order chi connectivity index (χ0) is 23.9. The summed E-state index contributed by atoms with van der Waals surface area (Å²) in [6.45, 7) is 0. The molecule has 0 unspecified atom stereocenters. The fraction of sp³-hybridized carbons (Fsp3) is 0. The molecule has 0 radical (unpaired) electrons. The summed E-state index contributed by atoms with van der Waals surface area (Å²) in [5.41, 5.74) is 4.73. The van der Waals surface area contributed by atoms with Crippen LogP contribution in [0.1, 0.15) is 0 Å². The van der Waals surface area contributed by atoms with Crippen molar-refractivity contribution < 1.29 is 0 Å². The SMILES string of the molecule is c1ccc(-c2cnc(-c3ccc4cc5cc(-c6ncc(-c7ccccc7)s6)ccc5cc4c3)s2)cc1. The van der Waals surface area contributed by atoms with E-state index in [1.165, 1.54) is 42.4 Å². The molecule has 36 heavy (non-hydrogen) atoms. The second kappa shape index (κ2) is 8.83. The first-order valence-electron chi connectivity index (χ1n) is 11.8. The predicted octanol–water partition coefficient (Wildman–Crippen LogP) is 9.57. The Kier molecular flexibility index (Phi) is 5.20. The normalized spacial score (nSPS) is 11.3. The molecule has 0 saturated carbocycles. The second-order valence-corrected chi connectivity index (χ2v) is 10.8. The van der Waals surface area contributed by atoms with Crippen molar-refractivity contribution in [3.8, 4) is 42.0 Å². The van der Waals surface area contributed by atoms with E-state index in [1.807, 2.05) is 24.5 Å². The maximum absolute atomic E-state index is 4.71. The summed E-state index contributed by atoms with van der Waals surface area (Å²) in [5.74, 6) is 0. The molecule has 5 aromatic carbocycles. The van der Waals surface area contributed by atoms with E-state index in [4.69, 9.17) is 9.97 Å². The standard InChI is InChI=1S/C32H20N2S2/c1-3-7-21(8-4-1)29-19-33-31(35-29)25-13-11-23-16-28-18-26(14-12-24(28)15-27(23)17-25)32-34-20-30(36-32)22-9-5-2-6-10-22/h1-20H. The quantitative estimate of drug-likeness (QED) is 0.227. The summed E-state index contributed by atoms with van der Waals surface area (Å²) < 4.78 is 0. The smallest absolute Gasteiger partial charge is 0.123 e. The number of hydrogen-bond acceptors (Lipinski definition) is 4. The largest absolute Gasteiger partial charge is 0.244 e. The minimum Gasteiger partial charge on any atom is -0.244 e. The third-order valence-electron chi connectivity index (χ3n) is 6.42. The van der Waals surface area contributed by atoms with Crippen LogP contribution < -0.4 is 0 Å². The van der Waals surface area contributed by atoms with Crippen molar-refractivity contribution in [2.45, 2.75) is 0 Å². The van der Waals surface area contributed by atoms with Crippen LogP contribution in [0, 0.1) is 0 Å². The van der Waals surface area contributed by atoms with Crippen molar-refractivity contribution in [2.24, 2.45) is 0 Å². The van der Waals surface area contributed by atoms with Crippen molar-refractivity contribution in [1.29, 1.82) is 0 Å².